The van der Waals surface area contributed by atoms with E-state index in [9.17, 15) is 43.2 Å². The van der Waals surface area contributed by atoms with Crippen LogP contribution in [0.4, 0.5) is 0 Å². The first-order valence-electron chi connectivity index (χ1n) is 41.1. The molecule has 3 N–H and O–H groups in total. The minimum absolute atomic E-state index is 0.104. The highest BCUT2D eigenvalue weighted by atomic mass is 31.2. The van der Waals surface area contributed by atoms with Crippen molar-refractivity contribution in [1.82, 2.24) is 0 Å². The molecule has 17 nitrogen and oxygen atoms in total. The van der Waals surface area contributed by atoms with Crippen LogP contribution in [0.1, 0.15) is 420 Å². The summed E-state index contributed by atoms with van der Waals surface area (Å²) in [6.07, 6.45) is 63.3. The van der Waals surface area contributed by atoms with Crippen molar-refractivity contribution in [2.75, 3.05) is 39.6 Å². The molecule has 0 aliphatic heterocycles. The second-order valence-electron chi connectivity index (χ2n) is 28.9. The van der Waals surface area contributed by atoms with E-state index in [1.807, 2.05) is 0 Å². The van der Waals surface area contributed by atoms with Crippen LogP contribution in [0, 0.1) is 5.92 Å². The average molecular weight is 1440 g/mol. The Morgan fingerprint density at radius 2 is 0.469 bits per heavy atom. The molecule has 0 saturated heterocycles. The number of hydrogen-bond acceptors (Lipinski definition) is 15. The summed E-state index contributed by atoms with van der Waals surface area (Å²) in [5.74, 6) is -1.41. The topological polar surface area (TPSA) is 237 Å². The summed E-state index contributed by atoms with van der Waals surface area (Å²) in [6, 6.07) is 0. The molecule has 0 aromatic rings. The third kappa shape index (κ3) is 72.4. The molecule has 582 valence electrons. The fraction of sp³-hybridized carbons (Fsp3) is 0.949. The molecular weight excluding hydrogens is 1280 g/mol. The summed E-state index contributed by atoms with van der Waals surface area (Å²) >= 11 is 0. The van der Waals surface area contributed by atoms with Crippen LogP contribution in [0.2, 0.25) is 0 Å². The zero-order valence-electron chi connectivity index (χ0n) is 63.9. The fourth-order valence-electron chi connectivity index (χ4n) is 12.2. The van der Waals surface area contributed by atoms with Crippen LogP contribution in [0.15, 0.2) is 0 Å². The molecule has 0 fully saturated rings. The minimum Gasteiger partial charge on any atom is -0.462 e. The van der Waals surface area contributed by atoms with Crippen LogP contribution in [-0.4, -0.2) is 96.7 Å². The van der Waals surface area contributed by atoms with Crippen molar-refractivity contribution in [2.24, 2.45) is 5.92 Å². The van der Waals surface area contributed by atoms with Gasteiger partial charge in [0.1, 0.15) is 19.3 Å². The Morgan fingerprint density at radius 1 is 0.276 bits per heavy atom. The van der Waals surface area contributed by atoms with Crippen LogP contribution < -0.4 is 0 Å². The molecule has 2 unspecified atom stereocenters. The van der Waals surface area contributed by atoms with Gasteiger partial charge in [0.15, 0.2) is 12.2 Å². The number of phosphoric ester groups is 2. The number of carbonyl (C=O) groups excluding carboxylic acids is 4. The van der Waals surface area contributed by atoms with E-state index in [0.29, 0.717) is 25.7 Å². The Hall–Kier alpha value is -1.94. The largest absolute Gasteiger partial charge is 0.472 e. The van der Waals surface area contributed by atoms with E-state index in [-0.39, 0.29) is 25.7 Å². The van der Waals surface area contributed by atoms with Crippen molar-refractivity contribution in [1.29, 1.82) is 0 Å². The molecule has 0 bridgehead atoms. The van der Waals surface area contributed by atoms with Crippen molar-refractivity contribution in [3.8, 4) is 0 Å². The highest BCUT2D eigenvalue weighted by Crippen LogP contribution is 2.45. The number of ether oxygens (including phenoxy) is 4. The van der Waals surface area contributed by atoms with Crippen molar-refractivity contribution in [2.45, 2.75) is 438 Å². The van der Waals surface area contributed by atoms with E-state index >= 15 is 0 Å². The number of phosphoric acid groups is 2. The van der Waals surface area contributed by atoms with Gasteiger partial charge < -0.3 is 33.8 Å². The Labute approximate surface area is 600 Å². The molecule has 0 aromatic heterocycles. The summed E-state index contributed by atoms with van der Waals surface area (Å²) in [6.45, 7) is 7.17. The predicted molar refractivity (Wildman–Crippen MR) is 400 cm³/mol. The number of aliphatic hydroxyl groups excluding tert-OH is 1. The fourth-order valence-corrected chi connectivity index (χ4v) is 13.8. The first-order chi connectivity index (χ1) is 47.5. The number of aliphatic hydroxyl groups is 1. The van der Waals surface area contributed by atoms with E-state index in [0.717, 1.165) is 102 Å². The lowest BCUT2D eigenvalue weighted by Crippen LogP contribution is -2.30. The number of unbranched alkanes of at least 4 members (excludes halogenated alkanes) is 51. The van der Waals surface area contributed by atoms with E-state index < -0.39 is 97.5 Å². The maximum Gasteiger partial charge on any atom is 0.472 e. The molecule has 0 rings (SSSR count). The van der Waals surface area contributed by atoms with Gasteiger partial charge in [0, 0.05) is 25.7 Å². The Balaban J connectivity index is 5.09. The minimum atomic E-state index is -4.96. The molecule has 0 spiro atoms. The Bertz CT molecular complexity index is 1870. The van der Waals surface area contributed by atoms with Crippen LogP contribution in [0.3, 0.4) is 0 Å². The zero-order chi connectivity index (χ0) is 71.9. The van der Waals surface area contributed by atoms with E-state index in [4.69, 9.17) is 37.0 Å². The second kappa shape index (κ2) is 72.0. The van der Waals surface area contributed by atoms with Gasteiger partial charge in [0.05, 0.1) is 26.4 Å². The first-order valence-corrected chi connectivity index (χ1v) is 44.1. The van der Waals surface area contributed by atoms with Crippen LogP contribution in [-0.2, 0) is 65.4 Å². The first kappa shape index (κ1) is 96.1. The maximum atomic E-state index is 13.1. The van der Waals surface area contributed by atoms with Gasteiger partial charge in [-0.05, 0) is 31.6 Å². The molecule has 0 aliphatic rings. The van der Waals surface area contributed by atoms with Crippen LogP contribution in [0.25, 0.3) is 0 Å². The van der Waals surface area contributed by atoms with E-state index in [2.05, 4.69) is 34.6 Å². The molecular formula is C79H154O17P2. The third-order valence-electron chi connectivity index (χ3n) is 18.5. The van der Waals surface area contributed by atoms with Crippen molar-refractivity contribution in [3.05, 3.63) is 0 Å². The monoisotopic (exact) mass is 1440 g/mol. The van der Waals surface area contributed by atoms with Crippen LogP contribution in [0.5, 0.6) is 0 Å². The SMILES string of the molecule is CCCCCCCCCCCCCCCCCCCCCCCC(=O)OC[C@H](COP(=O)(O)OC[C@@H](O)COP(=O)(O)OC[C@@H](COC(=O)CCCCCCC)OC(=O)CCCCCCCCCCC(C)C)OC(=O)CCCCCCCCCCCCCCCCCCCCCCC. The van der Waals surface area contributed by atoms with Gasteiger partial charge in [0.2, 0.25) is 0 Å². The lowest BCUT2D eigenvalue weighted by Gasteiger charge is -2.21. The Morgan fingerprint density at radius 3 is 0.694 bits per heavy atom. The van der Waals surface area contributed by atoms with Crippen molar-refractivity contribution >= 4 is 39.5 Å². The summed E-state index contributed by atoms with van der Waals surface area (Å²) in [5.41, 5.74) is 0. The Kier molecular flexibility index (Phi) is 70.6. The highest BCUT2D eigenvalue weighted by Gasteiger charge is 2.30. The van der Waals surface area contributed by atoms with Gasteiger partial charge in [-0.25, -0.2) is 9.13 Å². The van der Waals surface area contributed by atoms with Crippen molar-refractivity contribution < 1.29 is 80.2 Å². The molecule has 0 radical (unpaired) electrons. The molecule has 0 amide bonds. The van der Waals surface area contributed by atoms with Gasteiger partial charge in [0.25, 0.3) is 0 Å². The highest BCUT2D eigenvalue weighted by molar-refractivity contribution is 7.47. The maximum absolute atomic E-state index is 13.1. The second-order valence-corrected chi connectivity index (χ2v) is 31.8. The number of rotatable bonds is 79. The average Bonchev–Trinajstić information content (AvgIpc) is 1.09. The molecule has 0 aromatic carbocycles. The molecule has 19 heteroatoms. The number of carbonyl (C=O) groups is 4. The zero-order valence-corrected chi connectivity index (χ0v) is 65.7. The summed E-state index contributed by atoms with van der Waals surface area (Å²) < 4.78 is 68.3. The summed E-state index contributed by atoms with van der Waals surface area (Å²) in [4.78, 5) is 72.6. The van der Waals surface area contributed by atoms with Crippen LogP contribution >= 0.6 is 15.6 Å². The predicted octanol–water partition coefficient (Wildman–Crippen LogP) is 23.6. The summed E-state index contributed by atoms with van der Waals surface area (Å²) in [5, 5.41) is 10.6. The lowest BCUT2D eigenvalue weighted by atomic mass is 10.0. The quantitative estimate of drug-likeness (QED) is 0.0222. The third-order valence-corrected chi connectivity index (χ3v) is 20.4. The standard InChI is InChI=1S/C79H154O17P2/c1-6-9-12-15-17-19-21-23-25-27-29-31-33-35-37-39-41-43-48-53-58-63-77(82)90-69-75(96-78(83)64-59-54-49-44-42-40-38-36-34-32-30-28-26-24-22-20-18-16-13-10-7-2)71-94-98(87,88)92-67-73(80)66-91-97(85,86)93-70-74(68-89-76(81)62-57-51-14-11-8-3)95-79(84)65-60-55-50-46-45-47-52-56-61-72(4)5/h72-75,80H,6-71H2,1-5H3,(H,85,86)(H,87,88)/t73-,74+,75+/m0/s1. The van der Waals surface area contributed by atoms with E-state index in [1.165, 1.54) is 238 Å². The van der Waals surface area contributed by atoms with Gasteiger partial charge in [-0.15, -0.1) is 0 Å². The molecule has 5 atom stereocenters. The molecule has 0 saturated carbocycles. The van der Waals surface area contributed by atoms with Gasteiger partial charge in [-0.3, -0.25) is 37.3 Å². The number of esters is 4. The number of hydrogen-bond donors (Lipinski definition) is 3. The smallest absolute Gasteiger partial charge is 0.462 e. The van der Waals surface area contributed by atoms with E-state index in [1.54, 1.807) is 0 Å². The van der Waals surface area contributed by atoms with Gasteiger partial charge >= 0.3 is 39.5 Å². The summed E-state index contributed by atoms with van der Waals surface area (Å²) in [7, 11) is -9.90. The van der Waals surface area contributed by atoms with Crippen molar-refractivity contribution in [3.63, 3.8) is 0 Å². The molecule has 0 heterocycles. The normalized spacial score (nSPS) is 13.9. The molecule has 0 aliphatic carbocycles. The van der Waals surface area contributed by atoms with Gasteiger partial charge in [-0.2, -0.15) is 0 Å². The molecule has 98 heavy (non-hydrogen) atoms. The van der Waals surface area contributed by atoms with Gasteiger partial charge in [-0.1, -0.05) is 369 Å². The lowest BCUT2D eigenvalue weighted by molar-refractivity contribution is -0.161.